The standard InChI is InChI=1S/C22H21BrN2O3S/c1-5-6-28-20-17(23)10-15(11-18(20)27-4)12-19-21(26)25-22(29-19)24-16-8-13(2)7-14(3)9-16/h5,7-12H,1,6H2,2-4H3,(H,24,25,26)/b19-12-. The summed E-state index contributed by atoms with van der Waals surface area (Å²) in [5.74, 6) is 0.982. The first-order chi connectivity index (χ1) is 13.9. The highest BCUT2D eigenvalue weighted by atomic mass is 79.9. The Morgan fingerprint density at radius 2 is 1.93 bits per heavy atom. The van der Waals surface area contributed by atoms with Crippen LogP contribution in [0.5, 0.6) is 11.5 Å². The van der Waals surface area contributed by atoms with Crippen LogP contribution in [0.4, 0.5) is 5.69 Å². The van der Waals surface area contributed by atoms with Gasteiger partial charge in [-0.3, -0.25) is 4.79 Å². The third-order valence-electron chi connectivity index (χ3n) is 3.98. The number of hydrogen-bond donors (Lipinski definition) is 1. The first-order valence-electron chi connectivity index (χ1n) is 8.88. The van der Waals surface area contributed by atoms with Crippen LogP contribution in [0.15, 0.2) is 57.4 Å². The molecular formula is C22H21BrN2O3S. The van der Waals surface area contributed by atoms with Crippen LogP contribution >= 0.6 is 27.7 Å². The molecule has 5 nitrogen and oxygen atoms in total. The van der Waals surface area contributed by atoms with E-state index >= 15 is 0 Å². The summed E-state index contributed by atoms with van der Waals surface area (Å²) in [4.78, 5) is 17.5. The van der Waals surface area contributed by atoms with Gasteiger partial charge in [0, 0.05) is 0 Å². The van der Waals surface area contributed by atoms with Crippen molar-refractivity contribution in [3.63, 3.8) is 0 Å². The van der Waals surface area contributed by atoms with Crippen molar-refractivity contribution in [3.8, 4) is 11.5 Å². The number of nitrogens with zero attached hydrogens (tertiary/aromatic N) is 1. The lowest BCUT2D eigenvalue weighted by Crippen LogP contribution is -2.19. The number of halogens is 1. The molecule has 3 rings (SSSR count). The second-order valence-electron chi connectivity index (χ2n) is 6.46. The molecule has 0 unspecified atom stereocenters. The number of amidine groups is 1. The average Bonchev–Trinajstić information content (AvgIpc) is 2.98. The number of thioether (sulfide) groups is 1. The zero-order chi connectivity index (χ0) is 21.0. The van der Waals surface area contributed by atoms with Gasteiger partial charge < -0.3 is 14.8 Å². The quantitative estimate of drug-likeness (QED) is 0.443. The van der Waals surface area contributed by atoms with Gasteiger partial charge in [-0.2, -0.15) is 0 Å². The fourth-order valence-corrected chi connectivity index (χ4v) is 4.29. The second kappa shape index (κ2) is 9.33. The molecule has 0 spiro atoms. The Bertz CT molecular complexity index is 1010. The number of nitrogens with one attached hydrogen (secondary N) is 1. The Hall–Kier alpha value is -2.51. The summed E-state index contributed by atoms with van der Waals surface area (Å²) in [6.45, 7) is 8.07. The van der Waals surface area contributed by atoms with Crippen molar-refractivity contribution >= 4 is 50.5 Å². The third kappa shape index (κ3) is 5.31. The number of aryl methyl sites for hydroxylation is 2. The Morgan fingerprint density at radius 3 is 2.59 bits per heavy atom. The van der Waals surface area contributed by atoms with Crippen molar-refractivity contribution in [2.75, 3.05) is 13.7 Å². The molecule has 0 atom stereocenters. The average molecular weight is 473 g/mol. The minimum Gasteiger partial charge on any atom is -0.493 e. The SMILES string of the molecule is C=CCOc1c(Br)cc(/C=C2\SC(=Nc3cc(C)cc(C)c3)NC2=O)cc1OC. The van der Waals surface area contributed by atoms with Crippen molar-refractivity contribution in [3.05, 3.63) is 69.1 Å². The molecule has 0 radical (unpaired) electrons. The zero-order valence-corrected chi connectivity index (χ0v) is 18.8. The van der Waals surface area contributed by atoms with Crippen molar-refractivity contribution in [1.82, 2.24) is 5.32 Å². The molecule has 7 heteroatoms. The van der Waals surface area contributed by atoms with Crippen LogP contribution in [0.3, 0.4) is 0 Å². The van der Waals surface area contributed by atoms with E-state index in [0.29, 0.717) is 28.2 Å². The number of aliphatic imine (C=N–C) groups is 1. The second-order valence-corrected chi connectivity index (χ2v) is 8.35. The van der Waals surface area contributed by atoms with Gasteiger partial charge in [-0.1, -0.05) is 18.7 Å². The van der Waals surface area contributed by atoms with E-state index in [2.05, 4.69) is 38.9 Å². The molecule has 0 aliphatic carbocycles. The van der Waals surface area contributed by atoms with Gasteiger partial charge >= 0.3 is 0 Å². The number of benzene rings is 2. The van der Waals surface area contributed by atoms with E-state index in [0.717, 1.165) is 26.9 Å². The van der Waals surface area contributed by atoms with Gasteiger partial charge in [0.05, 0.1) is 22.2 Å². The Kier molecular flexibility index (Phi) is 6.82. The molecule has 1 N–H and O–H groups in total. The molecule has 1 aliphatic rings. The first-order valence-corrected chi connectivity index (χ1v) is 10.5. The number of methoxy groups -OCH3 is 1. The lowest BCUT2D eigenvalue weighted by molar-refractivity contribution is -0.115. The predicted octanol–water partition coefficient (Wildman–Crippen LogP) is 5.53. The smallest absolute Gasteiger partial charge is 0.264 e. The van der Waals surface area contributed by atoms with Gasteiger partial charge in [0.15, 0.2) is 16.7 Å². The monoisotopic (exact) mass is 472 g/mol. The minimum atomic E-state index is -0.180. The van der Waals surface area contributed by atoms with E-state index in [1.54, 1.807) is 19.3 Å². The predicted molar refractivity (Wildman–Crippen MR) is 123 cm³/mol. The van der Waals surface area contributed by atoms with E-state index in [4.69, 9.17) is 9.47 Å². The Balaban J connectivity index is 1.87. The number of carbonyl (C=O) groups is 1. The highest BCUT2D eigenvalue weighted by Crippen LogP contribution is 2.38. The van der Waals surface area contributed by atoms with Crippen LogP contribution in [0.2, 0.25) is 0 Å². The van der Waals surface area contributed by atoms with Crippen LogP contribution < -0.4 is 14.8 Å². The van der Waals surface area contributed by atoms with Crippen molar-refractivity contribution < 1.29 is 14.3 Å². The van der Waals surface area contributed by atoms with Crippen LogP contribution in [0, 0.1) is 13.8 Å². The third-order valence-corrected chi connectivity index (χ3v) is 5.48. The number of hydrogen-bond acceptors (Lipinski definition) is 5. The minimum absolute atomic E-state index is 0.180. The summed E-state index contributed by atoms with van der Waals surface area (Å²) in [5, 5.41) is 3.38. The zero-order valence-electron chi connectivity index (χ0n) is 16.4. The van der Waals surface area contributed by atoms with Gasteiger partial charge in [-0.05, 0) is 88.6 Å². The Morgan fingerprint density at radius 1 is 1.21 bits per heavy atom. The highest BCUT2D eigenvalue weighted by molar-refractivity contribution is 9.10. The lowest BCUT2D eigenvalue weighted by Gasteiger charge is -2.12. The lowest BCUT2D eigenvalue weighted by atomic mass is 10.1. The molecular weight excluding hydrogens is 452 g/mol. The summed E-state index contributed by atoms with van der Waals surface area (Å²) in [6, 6.07) is 9.75. The van der Waals surface area contributed by atoms with E-state index < -0.39 is 0 Å². The Labute approximate surface area is 183 Å². The molecule has 2 aromatic rings. The molecule has 1 aliphatic heterocycles. The van der Waals surface area contributed by atoms with E-state index in [9.17, 15) is 4.79 Å². The van der Waals surface area contributed by atoms with Crippen LogP contribution in [0.25, 0.3) is 6.08 Å². The van der Waals surface area contributed by atoms with Gasteiger partial charge in [-0.15, -0.1) is 0 Å². The number of carbonyl (C=O) groups excluding carboxylic acids is 1. The molecule has 2 aromatic carbocycles. The summed E-state index contributed by atoms with van der Waals surface area (Å²) in [7, 11) is 1.57. The van der Waals surface area contributed by atoms with Gasteiger partial charge in [0.2, 0.25) is 0 Å². The van der Waals surface area contributed by atoms with Gasteiger partial charge in [-0.25, -0.2) is 4.99 Å². The molecule has 150 valence electrons. The molecule has 29 heavy (non-hydrogen) atoms. The van der Waals surface area contributed by atoms with Gasteiger partial charge in [0.25, 0.3) is 5.91 Å². The fourth-order valence-electron chi connectivity index (χ4n) is 2.87. The molecule has 1 amide bonds. The molecule has 0 saturated carbocycles. The van der Waals surface area contributed by atoms with E-state index in [1.165, 1.54) is 11.8 Å². The molecule has 0 aromatic heterocycles. The summed E-state index contributed by atoms with van der Waals surface area (Å²) >= 11 is 4.81. The number of amides is 1. The first kappa shape index (κ1) is 21.2. The normalized spacial score (nSPS) is 16.2. The van der Waals surface area contributed by atoms with Crippen molar-refractivity contribution in [2.24, 2.45) is 4.99 Å². The summed E-state index contributed by atoms with van der Waals surface area (Å²) in [5.41, 5.74) is 3.89. The highest BCUT2D eigenvalue weighted by Gasteiger charge is 2.24. The molecule has 0 bridgehead atoms. The van der Waals surface area contributed by atoms with Crippen LogP contribution in [0.1, 0.15) is 16.7 Å². The van der Waals surface area contributed by atoms with Gasteiger partial charge in [0.1, 0.15) is 6.61 Å². The fraction of sp³-hybridized carbons (Fsp3) is 0.182. The largest absolute Gasteiger partial charge is 0.493 e. The maximum atomic E-state index is 12.4. The summed E-state index contributed by atoms with van der Waals surface area (Å²) < 4.78 is 11.8. The molecule has 1 saturated heterocycles. The molecule has 1 fully saturated rings. The van der Waals surface area contributed by atoms with Crippen molar-refractivity contribution in [2.45, 2.75) is 13.8 Å². The summed E-state index contributed by atoms with van der Waals surface area (Å²) in [6.07, 6.45) is 3.46. The number of rotatable bonds is 6. The maximum Gasteiger partial charge on any atom is 0.264 e. The molecule has 1 heterocycles. The van der Waals surface area contributed by atoms with Crippen LogP contribution in [-0.4, -0.2) is 24.8 Å². The van der Waals surface area contributed by atoms with Crippen LogP contribution in [-0.2, 0) is 4.79 Å². The number of ether oxygens (including phenoxy) is 2. The van der Waals surface area contributed by atoms with E-state index in [1.807, 2.05) is 38.1 Å². The van der Waals surface area contributed by atoms with Crippen molar-refractivity contribution in [1.29, 1.82) is 0 Å². The van der Waals surface area contributed by atoms with E-state index in [-0.39, 0.29) is 5.91 Å². The topological polar surface area (TPSA) is 59.9 Å². The maximum absolute atomic E-state index is 12.4.